The first kappa shape index (κ1) is 15.8. The van der Waals surface area contributed by atoms with Crippen LogP contribution in [0.4, 0.5) is 4.79 Å². The summed E-state index contributed by atoms with van der Waals surface area (Å²) in [4.78, 5) is 22.4. The predicted molar refractivity (Wildman–Crippen MR) is 74.0 cm³/mol. The molecule has 1 saturated carbocycles. The Labute approximate surface area is 115 Å². The van der Waals surface area contributed by atoms with Crippen molar-refractivity contribution in [3.63, 3.8) is 0 Å². The first-order valence-electron chi connectivity index (χ1n) is 7.31. The monoisotopic (exact) mass is 270 g/mol. The quantitative estimate of drug-likeness (QED) is 0.694. The van der Waals surface area contributed by atoms with Crippen molar-refractivity contribution in [3.05, 3.63) is 0 Å². The van der Waals surface area contributed by atoms with Crippen molar-refractivity contribution in [3.8, 4) is 0 Å². The maximum atomic E-state index is 11.8. The molecule has 0 bridgehead atoms. The Morgan fingerprint density at radius 1 is 1.21 bits per heavy atom. The van der Waals surface area contributed by atoms with E-state index in [2.05, 4.69) is 17.6 Å². The van der Waals surface area contributed by atoms with Gasteiger partial charge in [-0.3, -0.25) is 4.79 Å². The molecule has 5 nitrogen and oxygen atoms in total. The Morgan fingerprint density at radius 2 is 1.84 bits per heavy atom. The number of urea groups is 1. The van der Waals surface area contributed by atoms with E-state index in [9.17, 15) is 9.59 Å². The molecule has 0 aromatic heterocycles. The molecule has 2 amide bonds. The van der Waals surface area contributed by atoms with Crippen LogP contribution in [0.3, 0.4) is 0 Å². The zero-order valence-electron chi connectivity index (χ0n) is 11.9. The van der Waals surface area contributed by atoms with Gasteiger partial charge in [0, 0.05) is 12.1 Å². The van der Waals surface area contributed by atoms with Gasteiger partial charge in [-0.2, -0.15) is 0 Å². The Balaban J connectivity index is 2.37. The zero-order valence-corrected chi connectivity index (χ0v) is 11.9. The average molecular weight is 270 g/mol. The van der Waals surface area contributed by atoms with Gasteiger partial charge in [-0.25, -0.2) is 4.79 Å². The van der Waals surface area contributed by atoms with E-state index >= 15 is 0 Å². The van der Waals surface area contributed by atoms with E-state index in [4.69, 9.17) is 5.11 Å². The van der Waals surface area contributed by atoms with E-state index in [1.807, 2.05) is 0 Å². The number of carbonyl (C=O) groups excluding carboxylic acids is 1. The predicted octanol–water partition coefficient (Wildman–Crippen LogP) is 2.51. The first-order valence-corrected chi connectivity index (χ1v) is 7.31. The SMILES string of the molecule is CCC(NC(=O)NC(C)CC(=O)O)C1CCCCC1. The largest absolute Gasteiger partial charge is 0.481 e. The number of rotatable bonds is 6. The summed E-state index contributed by atoms with van der Waals surface area (Å²) in [6.07, 6.45) is 7.04. The molecule has 0 spiro atoms. The molecule has 1 rings (SSSR count). The second kappa shape index (κ2) is 8.02. The van der Waals surface area contributed by atoms with E-state index < -0.39 is 5.97 Å². The van der Waals surface area contributed by atoms with E-state index in [0.717, 1.165) is 6.42 Å². The van der Waals surface area contributed by atoms with E-state index in [1.165, 1.54) is 32.1 Å². The summed E-state index contributed by atoms with van der Waals surface area (Å²) in [6.45, 7) is 3.79. The highest BCUT2D eigenvalue weighted by molar-refractivity contribution is 5.75. The number of aliphatic carboxylic acids is 1. The zero-order chi connectivity index (χ0) is 14.3. The number of nitrogens with one attached hydrogen (secondary N) is 2. The van der Waals surface area contributed by atoms with Crippen LogP contribution >= 0.6 is 0 Å². The van der Waals surface area contributed by atoms with Crippen LogP contribution in [0, 0.1) is 5.92 Å². The number of carbonyl (C=O) groups is 2. The molecule has 110 valence electrons. The molecular weight excluding hydrogens is 244 g/mol. The van der Waals surface area contributed by atoms with Gasteiger partial charge >= 0.3 is 12.0 Å². The maximum Gasteiger partial charge on any atom is 0.315 e. The van der Waals surface area contributed by atoms with E-state index in [-0.39, 0.29) is 24.5 Å². The fraction of sp³-hybridized carbons (Fsp3) is 0.857. The van der Waals surface area contributed by atoms with Crippen LogP contribution in [0.5, 0.6) is 0 Å². The van der Waals surface area contributed by atoms with Crippen LogP contribution in [-0.4, -0.2) is 29.2 Å². The molecule has 0 aliphatic heterocycles. The average Bonchev–Trinajstić information content (AvgIpc) is 2.35. The van der Waals surface area contributed by atoms with Gasteiger partial charge in [-0.05, 0) is 32.1 Å². The summed E-state index contributed by atoms with van der Waals surface area (Å²) in [5, 5.41) is 14.3. The number of carboxylic acids is 1. The lowest BCUT2D eigenvalue weighted by molar-refractivity contribution is -0.137. The van der Waals surface area contributed by atoms with E-state index in [1.54, 1.807) is 6.92 Å². The van der Waals surface area contributed by atoms with Gasteiger partial charge in [0.1, 0.15) is 0 Å². The highest BCUT2D eigenvalue weighted by Gasteiger charge is 2.24. The fourth-order valence-corrected chi connectivity index (χ4v) is 2.84. The summed E-state index contributed by atoms with van der Waals surface area (Å²) >= 11 is 0. The number of amides is 2. The molecule has 19 heavy (non-hydrogen) atoms. The third-order valence-electron chi connectivity index (χ3n) is 3.83. The maximum absolute atomic E-state index is 11.8. The van der Waals surface area contributed by atoms with Crippen LogP contribution < -0.4 is 10.6 Å². The summed E-state index contributed by atoms with van der Waals surface area (Å²) in [7, 11) is 0. The van der Waals surface area contributed by atoms with Crippen molar-refractivity contribution in [2.24, 2.45) is 5.92 Å². The van der Waals surface area contributed by atoms with Crippen LogP contribution in [0.25, 0.3) is 0 Å². The second-order valence-corrected chi connectivity index (χ2v) is 5.53. The third-order valence-corrected chi connectivity index (χ3v) is 3.83. The number of carboxylic acid groups (broad SMARTS) is 1. The summed E-state index contributed by atoms with van der Waals surface area (Å²) in [5.74, 6) is -0.327. The summed E-state index contributed by atoms with van der Waals surface area (Å²) in [6, 6.07) is -0.384. The molecule has 1 aliphatic carbocycles. The molecule has 5 heteroatoms. The normalized spacial score (nSPS) is 19.5. The van der Waals surface area contributed by atoms with Crippen LogP contribution in [-0.2, 0) is 4.79 Å². The van der Waals surface area contributed by atoms with Crippen molar-refractivity contribution in [1.82, 2.24) is 10.6 Å². The molecule has 2 unspecified atom stereocenters. The Kier molecular flexibility index (Phi) is 6.67. The van der Waals surface area contributed by atoms with Crippen molar-refractivity contribution >= 4 is 12.0 Å². The molecular formula is C14H26N2O3. The lowest BCUT2D eigenvalue weighted by Crippen LogP contribution is -2.48. The molecule has 0 heterocycles. The van der Waals surface area contributed by atoms with Crippen molar-refractivity contribution in [1.29, 1.82) is 0 Å². The molecule has 1 aliphatic rings. The second-order valence-electron chi connectivity index (χ2n) is 5.53. The van der Waals surface area contributed by atoms with Crippen LogP contribution in [0.15, 0.2) is 0 Å². The molecule has 2 atom stereocenters. The molecule has 0 aromatic rings. The Bertz CT molecular complexity index is 301. The Morgan fingerprint density at radius 3 is 2.37 bits per heavy atom. The van der Waals surface area contributed by atoms with Crippen molar-refractivity contribution in [2.75, 3.05) is 0 Å². The van der Waals surface area contributed by atoms with Gasteiger partial charge < -0.3 is 15.7 Å². The van der Waals surface area contributed by atoms with Gasteiger partial charge in [0.05, 0.1) is 6.42 Å². The molecule has 3 N–H and O–H groups in total. The molecule has 0 aromatic carbocycles. The van der Waals surface area contributed by atoms with Gasteiger partial charge in [0.25, 0.3) is 0 Å². The highest BCUT2D eigenvalue weighted by Crippen LogP contribution is 2.27. The van der Waals surface area contributed by atoms with Crippen molar-refractivity contribution in [2.45, 2.75) is 70.9 Å². The number of hydrogen-bond donors (Lipinski definition) is 3. The van der Waals surface area contributed by atoms with Crippen LogP contribution in [0.2, 0.25) is 0 Å². The first-order chi connectivity index (χ1) is 9.02. The minimum atomic E-state index is -0.896. The molecule has 0 radical (unpaired) electrons. The van der Waals surface area contributed by atoms with Gasteiger partial charge in [-0.1, -0.05) is 26.2 Å². The summed E-state index contributed by atoms with van der Waals surface area (Å²) in [5.41, 5.74) is 0. The molecule has 0 saturated heterocycles. The highest BCUT2D eigenvalue weighted by atomic mass is 16.4. The fourth-order valence-electron chi connectivity index (χ4n) is 2.84. The molecule has 1 fully saturated rings. The lowest BCUT2D eigenvalue weighted by atomic mass is 9.83. The van der Waals surface area contributed by atoms with Gasteiger partial charge in [0.15, 0.2) is 0 Å². The third kappa shape index (κ3) is 5.94. The topological polar surface area (TPSA) is 78.4 Å². The van der Waals surface area contributed by atoms with Crippen molar-refractivity contribution < 1.29 is 14.7 Å². The standard InChI is InChI=1S/C14H26N2O3/c1-3-12(11-7-5-4-6-8-11)16-14(19)15-10(2)9-13(17)18/h10-12H,3-9H2,1-2H3,(H,17,18)(H2,15,16,19). The lowest BCUT2D eigenvalue weighted by Gasteiger charge is -2.30. The van der Waals surface area contributed by atoms with Crippen LogP contribution in [0.1, 0.15) is 58.8 Å². The van der Waals surface area contributed by atoms with Gasteiger partial charge in [-0.15, -0.1) is 0 Å². The van der Waals surface area contributed by atoms with E-state index in [0.29, 0.717) is 5.92 Å². The Hall–Kier alpha value is -1.26. The van der Waals surface area contributed by atoms with Gasteiger partial charge in [0.2, 0.25) is 0 Å². The summed E-state index contributed by atoms with van der Waals surface area (Å²) < 4.78 is 0. The number of hydrogen-bond acceptors (Lipinski definition) is 2. The minimum Gasteiger partial charge on any atom is -0.481 e. The smallest absolute Gasteiger partial charge is 0.315 e. The minimum absolute atomic E-state index is 0.0480.